The number of fused-ring (bicyclic) bond motifs is 1. The Bertz CT molecular complexity index is 941. The molecule has 4 nitrogen and oxygen atoms in total. The van der Waals surface area contributed by atoms with Gasteiger partial charge in [-0.05, 0) is 36.4 Å². The average molecular weight is 378 g/mol. The summed E-state index contributed by atoms with van der Waals surface area (Å²) < 4.78 is 54.4. The van der Waals surface area contributed by atoms with Crippen molar-refractivity contribution in [3.05, 3.63) is 59.7 Å². The van der Waals surface area contributed by atoms with Gasteiger partial charge in [-0.3, -0.25) is 4.90 Å². The maximum Gasteiger partial charge on any atom is 0.417 e. The van der Waals surface area contributed by atoms with Crippen molar-refractivity contribution >= 4 is 5.65 Å². The molecule has 0 radical (unpaired) electrons. The van der Waals surface area contributed by atoms with Crippen LogP contribution in [0, 0.1) is 5.82 Å². The molecule has 1 N–H and O–H groups in total. The van der Waals surface area contributed by atoms with Crippen LogP contribution in [0.2, 0.25) is 0 Å². The summed E-state index contributed by atoms with van der Waals surface area (Å²) in [6.07, 6.45) is -3.34. The summed E-state index contributed by atoms with van der Waals surface area (Å²) in [5.74, 6) is -0.370. The summed E-state index contributed by atoms with van der Waals surface area (Å²) in [7, 11) is 0. The zero-order valence-corrected chi connectivity index (χ0v) is 14.4. The van der Waals surface area contributed by atoms with Crippen molar-refractivity contribution in [1.29, 1.82) is 0 Å². The number of benzene rings is 1. The number of rotatable bonds is 3. The smallest absolute Gasteiger partial charge is 0.314 e. The van der Waals surface area contributed by atoms with Crippen LogP contribution in [-0.2, 0) is 12.7 Å². The number of nitrogens with one attached hydrogen (secondary N) is 1. The number of pyridine rings is 1. The number of piperazine rings is 1. The van der Waals surface area contributed by atoms with Crippen LogP contribution in [0.15, 0.2) is 42.6 Å². The van der Waals surface area contributed by atoms with E-state index in [9.17, 15) is 17.6 Å². The Kier molecular flexibility index (Phi) is 4.61. The van der Waals surface area contributed by atoms with E-state index in [1.54, 1.807) is 12.1 Å². The Hall–Kier alpha value is -2.45. The van der Waals surface area contributed by atoms with E-state index in [0.717, 1.165) is 38.4 Å². The van der Waals surface area contributed by atoms with Crippen LogP contribution in [-0.4, -0.2) is 40.5 Å². The molecule has 8 heteroatoms. The summed E-state index contributed by atoms with van der Waals surface area (Å²) in [6.45, 7) is 3.73. The van der Waals surface area contributed by atoms with E-state index in [-0.39, 0.29) is 5.82 Å². The first-order chi connectivity index (χ1) is 12.9. The monoisotopic (exact) mass is 378 g/mol. The number of imidazole rings is 1. The summed E-state index contributed by atoms with van der Waals surface area (Å²) in [5.41, 5.74) is 1.64. The normalized spacial score (nSPS) is 16.1. The van der Waals surface area contributed by atoms with Crippen molar-refractivity contribution < 1.29 is 17.6 Å². The second-order valence-electron chi connectivity index (χ2n) is 6.58. The molecule has 0 saturated carbocycles. The molecule has 1 aliphatic rings. The summed E-state index contributed by atoms with van der Waals surface area (Å²) >= 11 is 0. The molecule has 0 amide bonds. The minimum absolute atomic E-state index is 0.370. The molecule has 3 heterocycles. The van der Waals surface area contributed by atoms with Gasteiger partial charge in [-0.15, -0.1) is 0 Å². The van der Waals surface area contributed by atoms with Gasteiger partial charge in [-0.2, -0.15) is 13.2 Å². The molecule has 1 aromatic carbocycles. The largest absolute Gasteiger partial charge is 0.417 e. The Morgan fingerprint density at radius 3 is 2.37 bits per heavy atom. The molecule has 0 atom stereocenters. The van der Waals surface area contributed by atoms with Crippen LogP contribution in [0.25, 0.3) is 16.9 Å². The highest BCUT2D eigenvalue weighted by molar-refractivity contribution is 5.66. The van der Waals surface area contributed by atoms with Gasteiger partial charge < -0.3 is 9.72 Å². The number of aromatic nitrogens is 2. The van der Waals surface area contributed by atoms with Crippen molar-refractivity contribution in [2.75, 3.05) is 26.2 Å². The molecular formula is C19H18F4N4. The fraction of sp³-hybridized carbons (Fsp3) is 0.316. The molecule has 142 valence electrons. The lowest BCUT2D eigenvalue weighted by Gasteiger charge is -2.27. The van der Waals surface area contributed by atoms with Gasteiger partial charge in [0.15, 0.2) is 0 Å². The fourth-order valence-corrected chi connectivity index (χ4v) is 3.33. The quantitative estimate of drug-likeness (QED) is 0.708. The Morgan fingerprint density at radius 1 is 1.00 bits per heavy atom. The van der Waals surface area contributed by atoms with Gasteiger partial charge in [0.1, 0.15) is 11.5 Å². The highest BCUT2D eigenvalue weighted by Crippen LogP contribution is 2.32. The van der Waals surface area contributed by atoms with Gasteiger partial charge in [0.25, 0.3) is 0 Å². The van der Waals surface area contributed by atoms with Gasteiger partial charge in [0, 0.05) is 44.5 Å². The Balaban J connectivity index is 1.84. The molecule has 27 heavy (non-hydrogen) atoms. The molecule has 0 bridgehead atoms. The third-order valence-corrected chi connectivity index (χ3v) is 4.75. The molecule has 1 aliphatic heterocycles. The van der Waals surface area contributed by atoms with E-state index >= 15 is 0 Å². The summed E-state index contributed by atoms with van der Waals surface area (Å²) in [4.78, 5) is 6.71. The van der Waals surface area contributed by atoms with E-state index in [1.807, 2.05) is 0 Å². The van der Waals surface area contributed by atoms with Crippen molar-refractivity contribution in [3.63, 3.8) is 0 Å². The topological polar surface area (TPSA) is 32.6 Å². The van der Waals surface area contributed by atoms with Crippen molar-refractivity contribution in [2.24, 2.45) is 0 Å². The molecule has 2 aromatic heterocycles. The van der Waals surface area contributed by atoms with E-state index < -0.39 is 11.7 Å². The number of halogens is 4. The van der Waals surface area contributed by atoms with E-state index in [0.29, 0.717) is 29.1 Å². The van der Waals surface area contributed by atoms with Crippen molar-refractivity contribution in [1.82, 2.24) is 19.6 Å². The van der Waals surface area contributed by atoms with Crippen LogP contribution < -0.4 is 5.32 Å². The van der Waals surface area contributed by atoms with E-state index in [1.165, 1.54) is 22.6 Å². The highest BCUT2D eigenvalue weighted by atomic mass is 19.4. The number of nitrogens with zero attached hydrogens (tertiary/aromatic N) is 3. The van der Waals surface area contributed by atoms with Gasteiger partial charge in [-0.1, -0.05) is 0 Å². The molecule has 3 aromatic rings. The maximum atomic E-state index is 13.3. The predicted octanol–water partition coefficient (Wildman–Crippen LogP) is 3.56. The fourth-order valence-electron chi connectivity index (χ4n) is 3.33. The second kappa shape index (κ2) is 6.94. The van der Waals surface area contributed by atoms with E-state index in [2.05, 4.69) is 15.2 Å². The second-order valence-corrected chi connectivity index (χ2v) is 6.58. The van der Waals surface area contributed by atoms with Crippen molar-refractivity contribution in [2.45, 2.75) is 12.7 Å². The first kappa shape index (κ1) is 17.9. The average Bonchev–Trinajstić information content (AvgIpc) is 3.00. The van der Waals surface area contributed by atoms with Gasteiger partial charge in [0.05, 0.1) is 17.0 Å². The summed E-state index contributed by atoms with van der Waals surface area (Å²) in [6, 6.07) is 8.26. The molecule has 1 fully saturated rings. The summed E-state index contributed by atoms with van der Waals surface area (Å²) in [5, 5.41) is 3.26. The number of alkyl halides is 3. The Labute approximate surface area is 153 Å². The first-order valence-electron chi connectivity index (χ1n) is 8.69. The minimum Gasteiger partial charge on any atom is -0.314 e. The molecule has 0 unspecified atom stereocenters. The minimum atomic E-state index is -4.43. The molecular weight excluding hydrogens is 360 g/mol. The number of hydrogen-bond donors (Lipinski definition) is 1. The lowest BCUT2D eigenvalue weighted by Crippen LogP contribution is -2.43. The SMILES string of the molecule is Fc1ccc(-c2nc3ccc(C(F)(F)F)cn3c2CN2CCNCC2)cc1. The van der Waals surface area contributed by atoms with Gasteiger partial charge >= 0.3 is 6.18 Å². The lowest BCUT2D eigenvalue weighted by molar-refractivity contribution is -0.137. The van der Waals surface area contributed by atoms with Crippen LogP contribution in [0.4, 0.5) is 17.6 Å². The van der Waals surface area contributed by atoms with Crippen LogP contribution in [0.1, 0.15) is 11.3 Å². The molecule has 1 saturated heterocycles. The van der Waals surface area contributed by atoms with Crippen LogP contribution in [0.5, 0.6) is 0 Å². The van der Waals surface area contributed by atoms with E-state index in [4.69, 9.17) is 0 Å². The van der Waals surface area contributed by atoms with Crippen LogP contribution in [0.3, 0.4) is 0 Å². The highest BCUT2D eigenvalue weighted by Gasteiger charge is 2.31. The molecule has 4 rings (SSSR count). The van der Waals surface area contributed by atoms with Gasteiger partial charge in [-0.25, -0.2) is 9.37 Å². The maximum absolute atomic E-state index is 13.3. The first-order valence-corrected chi connectivity index (χ1v) is 8.69. The molecule has 0 aliphatic carbocycles. The third-order valence-electron chi connectivity index (χ3n) is 4.75. The zero-order valence-electron chi connectivity index (χ0n) is 14.4. The standard InChI is InChI=1S/C19H18F4N4/c20-15-4-1-13(2-5-15)18-16(12-26-9-7-24-8-10-26)27-11-14(19(21,22)23)3-6-17(27)25-18/h1-6,11,24H,7-10,12H2. The lowest BCUT2D eigenvalue weighted by atomic mass is 10.1. The van der Waals surface area contributed by atoms with Gasteiger partial charge in [0.2, 0.25) is 0 Å². The zero-order chi connectivity index (χ0) is 19.0. The van der Waals surface area contributed by atoms with Crippen LogP contribution >= 0.6 is 0 Å². The third kappa shape index (κ3) is 3.68. The Morgan fingerprint density at radius 2 is 1.70 bits per heavy atom. The molecule has 0 spiro atoms. The predicted molar refractivity (Wildman–Crippen MR) is 93.7 cm³/mol. The number of hydrogen-bond acceptors (Lipinski definition) is 3. The van der Waals surface area contributed by atoms with Crippen molar-refractivity contribution in [3.8, 4) is 11.3 Å².